The van der Waals surface area contributed by atoms with Crippen LogP contribution in [0.25, 0.3) is 0 Å². The fourth-order valence-electron chi connectivity index (χ4n) is 2.56. The monoisotopic (exact) mass is 411 g/mol. The first-order valence-corrected chi connectivity index (χ1v) is 8.22. The molecule has 2 atom stereocenters. The van der Waals surface area contributed by atoms with Crippen molar-refractivity contribution < 1.29 is 9.47 Å². The third kappa shape index (κ3) is 2.96. The minimum atomic E-state index is -0.0914. The zero-order chi connectivity index (χ0) is 15.0. The lowest BCUT2D eigenvalue weighted by Crippen LogP contribution is -2.24. The number of halogens is 2. The number of nitrogens with two attached hydrogens (primary N) is 1. The first kappa shape index (κ1) is 14.9. The van der Waals surface area contributed by atoms with E-state index in [0.717, 1.165) is 38.0 Å². The molecule has 110 valence electrons. The molecule has 0 bridgehead atoms. The Balaban J connectivity index is 1.99. The van der Waals surface area contributed by atoms with Crippen molar-refractivity contribution in [3.8, 4) is 11.5 Å². The van der Waals surface area contributed by atoms with Gasteiger partial charge in [0.05, 0.1) is 7.11 Å². The number of methoxy groups -OCH3 is 1. The van der Waals surface area contributed by atoms with Crippen molar-refractivity contribution >= 4 is 31.9 Å². The maximum Gasteiger partial charge on any atom is 0.127 e. The quantitative estimate of drug-likeness (QED) is 0.774. The number of benzene rings is 2. The van der Waals surface area contributed by atoms with Gasteiger partial charge in [0, 0.05) is 32.5 Å². The third-order valence-electron chi connectivity index (χ3n) is 3.66. The zero-order valence-corrected chi connectivity index (χ0v) is 14.6. The molecule has 1 aliphatic rings. The van der Waals surface area contributed by atoms with Gasteiger partial charge in [0.25, 0.3) is 0 Å². The number of rotatable bonds is 2. The van der Waals surface area contributed by atoms with E-state index in [1.54, 1.807) is 7.11 Å². The van der Waals surface area contributed by atoms with Gasteiger partial charge in [0.15, 0.2) is 0 Å². The number of hydrogen-bond donors (Lipinski definition) is 1. The fraction of sp³-hybridized carbons (Fsp3) is 0.250. The average Bonchev–Trinajstić information content (AvgIpc) is 2.47. The van der Waals surface area contributed by atoms with Crippen LogP contribution >= 0.6 is 31.9 Å². The van der Waals surface area contributed by atoms with Crippen molar-refractivity contribution in [2.45, 2.75) is 18.6 Å². The van der Waals surface area contributed by atoms with Crippen molar-refractivity contribution in [2.24, 2.45) is 5.73 Å². The van der Waals surface area contributed by atoms with Crippen molar-refractivity contribution in [3.63, 3.8) is 0 Å². The first-order chi connectivity index (χ1) is 10.1. The van der Waals surface area contributed by atoms with E-state index >= 15 is 0 Å². The molecule has 0 aromatic heterocycles. The van der Waals surface area contributed by atoms with Gasteiger partial charge in [-0.3, -0.25) is 0 Å². The normalized spacial score (nSPS) is 20.6. The molecule has 3 nitrogen and oxygen atoms in total. The molecule has 1 aliphatic heterocycles. The molecule has 0 amide bonds. The van der Waals surface area contributed by atoms with Crippen molar-refractivity contribution in [1.82, 2.24) is 0 Å². The van der Waals surface area contributed by atoms with Crippen LogP contribution in [-0.4, -0.2) is 7.11 Å². The van der Waals surface area contributed by atoms with Crippen LogP contribution in [0.2, 0.25) is 0 Å². The topological polar surface area (TPSA) is 44.5 Å². The second-order valence-electron chi connectivity index (χ2n) is 5.02. The minimum Gasteiger partial charge on any atom is -0.497 e. The van der Waals surface area contributed by atoms with Gasteiger partial charge in [0.2, 0.25) is 0 Å². The number of ether oxygens (including phenoxy) is 2. The summed E-state index contributed by atoms with van der Waals surface area (Å²) in [5.41, 5.74) is 8.40. The molecule has 3 rings (SSSR count). The summed E-state index contributed by atoms with van der Waals surface area (Å²) >= 11 is 7.06. The molecule has 2 aromatic rings. The Morgan fingerprint density at radius 2 is 1.95 bits per heavy atom. The molecule has 2 aromatic carbocycles. The fourth-order valence-corrected chi connectivity index (χ4v) is 3.40. The van der Waals surface area contributed by atoms with E-state index < -0.39 is 0 Å². The smallest absolute Gasteiger partial charge is 0.127 e. The van der Waals surface area contributed by atoms with Crippen LogP contribution in [-0.2, 0) is 0 Å². The molecule has 0 saturated carbocycles. The standard InChI is InChI=1S/C16H15Br2NO2/c1-20-10-3-5-13(18)12(7-10)16-8-14(19)11-4-2-9(17)6-15(11)21-16/h2-7,14,16H,8,19H2,1H3. The van der Waals surface area contributed by atoms with Gasteiger partial charge in [-0.2, -0.15) is 0 Å². The summed E-state index contributed by atoms with van der Waals surface area (Å²) in [5, 5.41) is 0. The first-order valence-electron chi connectivity index (χ1n) is 6.63. The van der Waals surface area contributed by atoms with Gasteiger partial charge in [-0.1, -0.05) is 37.9 Å². The van der Waals surface area contributed by atoms with E-state index in [9.17, 15) is 0 Å². The van der Waals surface area contributed by atoms with Crippen LogP contribution in [0, 0.1) is 0 Å². The molecule has 2 N–H and O–H groups in total. The SMILES string of the molecule is COc1ccc(Br)c(C2CC(N)c3ccc(Br)cc3O2)c1. The summed E-state index contributed by atoms with van der Waals surface area (Å²) in [7, 11) is 1.66. The van der Waals surface area contributed by atoms with Gasteiger partial charge < -0.3 is 15.2 Å². The van der Waals surface area contributed by atoms with E-state index in [0.29, 0.717) is 0 Å². The Labute approximate surface area is 140 Å². The van der Waals surface area contributed by atoms with Crippen LogP contribution < -0.4 is 15.2 Å². The predicted octanol–water partition coefficient (Wildman–Crippen LogP) is 4.74. The van der Waals surface area contributed by atoms with Crippen molar-refractivity contribution in [2.75, 3.05) is 7.11 Å². The second kappa shape index (κ2) is 5.99. The zero-order valence-electron chi connectivity index (χ0n) is 11.5. The van der Waals surface area contributed by atoms with Crippen molar-refractivity contribution in [3.05, 3.63) is 56.5 Å². The molecule has 21 heavy (non-hydrogen) atoms. The van der Waals surface area contributed by atoms with Crippen LogP contribution in [0.3, 0.4) is 0 Å². The molecule has 0 fully saturated rings. The van der Waals surface area contributed by atoms with Gasteiger partial charge in [-0.05, 0) is 30.3 Å². The Morgan fingerprint density at radius 1 is 1.14 bits per heavy atom. The van der Waals surface area contributed by atoms with E-state index in [-0.39, 0.29) is 12.1 Å². The molecule has 2 unspecified atom stereocenters. The van der Waals surface area contributed by atoms with E-state index in [1.807, 2.05) is 36.4 Å². The Kier molecular flexibility index (Phi) is 4.24. The highest BCUT2D eigenvalue weighted by Crippen LogP contribution is 2.43. The third-order valence-corrected chi connectivity index (χ3v) is 4.88. The largest absolute Gasteiger partial charge is 0.497 e. The van der Waals surface area contributed by atoms with Crippen LogP contribution in [0.5, 0.6) is 11.5 Å². The minimum absolute atomic E-state index is 0.0371. The van der Waals surface area contributed by atoms with Crippen molar-refractivity contribution in [1.29, 1.82) is 0 Å². The number of fused-ring (bicyclic) bond motifs is 1. The summed E-state index contributed by atoms with van der Waals surface area (Å²) in [4.78, 5) is 0. The molecule has 1 heterocycles. The molecule has 0 aliphatic carbocycles. The molecular weight excluding hydrogens is 398 g/mol. The van der Waals surface area contributed by atoms with E-state index in [1.165, 1.54) is 0 Å². The summed E-state index contributed by atoms with van der Waals surface area (Å²) in [6, 6.07) is 11.8. The molecule has 0 saturated heterocycles. The summed E-state index contributed by atoms with van der Waals surface area (Å²) in [6.45, 7) is 0. The van der Waals surface area contributed by atoms with Crippen LogP contribution in [0.15, 0.2) is 45.3 Å². The highest BCUT2D eigenvalue weighted by molar-refractivity contribution is 9.10. The Bertz CT molecular complexity index is 675. The average molecular weight is 413 g/mol. The Hall–Kier alpha value is -1.04. The maximum absolute atomic E-state index is 6.30. The highest BCUT2D eigenvalue weighted by Gasteiger charge is 2.28. The van der Waals surface area contributed by atoms with E-state index in [4.69, 9.17) is 15.2 Å². The molecule has 0 radical (unpaired) electrons. The summed E-state index contributed by atoms with van der Waals surface area (Å²) < 4.78 is 13.4. The predicted molar refractivity (Wildman–Crippen MR) is 89.8 cm³/mol. The lowest BCUT2D eigenvalue weighted by atomic mass is 9.93. The van der Waals surface area contributed by atoms with Gasteiger partial charge >= 0.3 is 0 Å². The van der Waals surface area contributed by atoms with E-state index in [2.05, 4.69) is 31.9 Å². The maximum atomic E-state index is 6.30. The molecule has 0 spiro atoms. The number of hydrogen-bond acceptors (Lipinski definition) is 3. The lowest BCUT2D eigenvalue weighted by Gasteiger charge is -2.31. The Morgan fingerprint density at radius 3 is 2.71 bits per heavy atom. The molecule has 5 heteroatoms. The molecular formula is C16H15Br2NO2. The van der Waals surface area contributed by atoms with Gasteiger partial charge in [-0.25, -0.2) is 0 Å². The second-order valence-corrected chi connectivity index (χ2v) is 6.79. The summed E-state index contributed by atoms with van der Waals surface area (Å²) in [5.74, 6) is 1.65. The summed E-state index contributed by atoms with van der Waals surface area (Å²) in [6.07, 6.45) is 0.645. The van der Waals surface area contributed by atoms with Crippen LogP contribution in [0.1, 0.15) is 29.7 Å². The highest BCUT2D eigenvalue weighted by atomic mass is 79.9. The lowest BCUT2D eigenvalue weighted by molar-refractivity contribution is 0.160. The van der Waals surface area contributed by atoms with Gasteiger partial charge in [-0.15, -0.1) is 0 Å². The van der Waals surface area contributed by atoms with Crippen LogP contribution in [0.4, 0.5) is 0 Å². The van der Waals surface area contributed by atoms with Gasteiger partial charge in [0.1, 0.15) is 17.6 Å².